The van der Waals surface area contributed by atoms with Crippen molar-refractivity contribution in [3.8, 4) is 17.2 Å². The van der Waals surface area contributed by atoms with Crippen molar-refractivity contribution < 1.29 is 17.9 Å². The average Bonchev–Trinajstić information content (AvgIpc) is 2.72. The Hall–Kier alpha value is -3.18. The molecule has 2 N–H and O–H groups in total. The Kier molecular flexibility index (Phi) is 5.99. The van der Waals surface area contributed by atoms with Gasteiger partial charge in [-0.15, -0.1) is 0 Å². The summed E-state index contributed by atoms with van der Waals surface area (Å²) in [5, 5.41) is 14.4. The van der Waals surface area contributed by atoms with E-state index in [0.29, 0.717) is 5.56 Å². The Bertz CT molecular complexity index is 1220. The molecule has 0 saturated heterocycles. The topological polar surface area (TPSA) is 110 Å². The first-order valence-corrected chi connectivity index (χ1v) is 10.3. The SMILES string of the molecule is N#Cc1ccccc1-c1ccc(COC(=O)c2cc(S(N)(=O)=O)ccc2Cl)cc1. The molecule has 3 rings (SSSR count). The molecule has 0 unspecified atom stereocenters. The van der Waals surface area contributed by atoms with Crippen molar-refractivity contribution in [2.45, 2.75) is 11.5 Å². The Balaban J connectivity index is 1.74. The van der Waals surface area contributed by atoms with Gasteiger partial charge in [0.25, 0.3) is 0 Å². The van der Waals surface area contributed by atoms with Crippen LogP contribution in [0.4, 0.5) is 0 Å². The molecule has 29 heavy (non-hydrogen) atoms. The van der Waals surface area contributed by atoms with Crippen molar-refractivity contribution in [3.63, 3.8) is 0 Å². The van der Waals surface area contributed by atoms with Gasteiger partial charge >= 0.3 is 5.97 Å². The third-order valence-electron chi connectivity index (χ3n) is 4.17. The highest BCUT2D eigenvalue weighted by molar-refractivity contribution is 7.89. The molecule has 0 aliphatic carbocycles. The van der Waals surface area contributed by atoms with Crippen LogP contribution in [0.15, 0.2) is 71.6 Å². The van der Waals surface area contributed by atoms with Crippen molar-refractivity contribution in [2.75, 3.05) is 0 Å². The van der Waals surface area contributed by atoms with Crippen molar-refractivity contribution in [3.05, 3.63) is 88.4 Å². The first-order chi connectivity index (χ1) is 13.8. The highest BCUT2D eigenvalue weighted by Crippen LogP contribution is 2.24. The quantitative estimate of drug-likeness (QED) is 0.622. The molecule has 0 aromatic heterocycles. The summed E-state index contributed by atoms with van der Waals surface area (Å²) in [6, 6.07) is 20.2. The van der Waals surface area contributed by atoms with E-state index in [9.17, 15) is 18.5 Å². The molecule has 0 aliphatic heterocycles. The molecule has 0 fully saturated rings. The zero-order valence-electron chi connectivity index (χ0n) is 15.0. The highest BCUT2D eigenvalue weighted by Gasteiger charge is 2.17. The number of hydrogen-bond acceptors (Lipinski definition) is 5. The average molecular weight is 427 g/mol. The molecule has 0 bridgehead atoms. The van der Waals surface area contributed by atoms with Crippen molar-refractivity contribution in [1.82, 2.24) is 0 Å². The van der Waals surface area contributed by atoms with Crippen molar-refractivity contribution >= 4 is 27.6 Å². The van der Waals surface area contributed by atoms with Gasteiger partial charge in [-0.05, 0) is 41.0 Å². The van der Waals surface area contributed by atoms with E-state index in [1.165, 1.54) is 12.1 Å². The summed E-state index contributed by atoms with van der Waals surface area (Å²) in [5.74, 6) is -0.764. The number of carbonyl (C=O) groups is 1. The fourth-order valence-electron chi connectivity index (χ4n) is 2.68. The van der Waals surface area contributed by atoms with Crippen LogP contribution in [0.5, 0.6) is 0 Å². The summed E-state index contributed by atoms with van der Waals surface area (Å²) in [5.41, 5.74) is 2.87. The zero-order valence-corrected chi connectivity index (χ0v) is 16.6. The fourth-order valence-corrected chi connectivity index (χ4v) is 3.41. The molecule has 0 aliphatic rings. The maximum Gasteiger partial charge on any atom is 0.340 e. The smallest absolute Gasteiger partial charge is 0.340 e. The summed E-state index contributed by atoms with van der Waals surface area (Å²) >= 11 is 5.98. The minimum atomic E-state index is -3.97. The van der Waals surface area contributed by atoms with Crippen LogP contribution in [0.2, 0.25) is 5.02 Å². The van der Waals surface area contributed by atoms with Crippen molar-refractivity contribution in [1.29, 1.82) is 5.26 Å². The summed E-state index contributed by atoms with van der Waals surface area (Å²) < 4.78 is 28.2. The molecule has 146 valence electrons. The number of esters is 1. The second-order valence-corrected chi connectivity index (χ2v) is 8.09. The van der Waals surface area contributed by atoms with Crippen LogP contribution in [0.1, 0.15) is 21.5 Å². The number of primary sulfonamides is 1. The van der Waals surface area contributed by atoms with Crippen LogP contribution >= 0.6 is 11.6 Å². The molecule has 0 spiro atoms. The van der Waals surface area contributed by atoms with Gasteiger partial charge in [-0.1, -0.05) is 54.1 Å². The van der Waals surface area contributed by atoms with Gasteiger partial charge in [0.2, 0.25) is 10.0 Å². The lowest BCUT2D eigenvalue weighted by molar-refractivity contribution is 0.0472. The number of sulfonamides is 1. The maximum absolute atomic E-state index is 12.3. The molecule has 0 heterocycles. The van der Waals surface area contributed by atoms with Crippen molar-refractivity contribution in [2.24, 2.45) is 5.14 Å². The molecule has 3 aromatic rings. The van der Waals surface area contributed by atoms with Gasteiger partial charge in [-0.25, -0.2) is 18.4 Å². The Labute approximate surface area is 173 Å². The molecule has 0 saturated carbocycles. The fraction of sp³-hybridized carbons (Fsp3) is 0.0476. The van der Waals surface area contributed by atoms with E-state index < -0.39 is 16.0 Å². The maximum atomic E-state index is 12.3. The molecular weight excluding hydrogens is 412 g/mol. The van der Waals surface area contributed by atoms with Crippen LogP contribution < -0.4 is 5.14 Å². The second kappa shape index (κ2) is 8.45. The third kappa shape index (κ3) is 4.81. The number of nitrogens with zero attached hydrogens (tertiary/aromatic N) is 1. The summed E-state index contributed by atoms with van der Waals surface area (Å²) in [6.07, 6.45) is 0. The van der Waals surface area contributed by atoms with Gasteiger partial charge in [0, 0.05) is 0 Å². The first-order valence-electron chi connectivity index (χ1n) is 8.37. The van der Waals surface area contributed by atoms with Crippen LogP contribution in [-0.4, -0.2) is 14.4 Å². The first kappa shape index (κ1) is 20.6. The number of halogens is 1. The lowest BCUT2D eigenvalue weighted by Crippen LogP contribution is -2.14. The van der Waals surface area contributed by atoms with Gasteiger partial charge in [-0.3, -0.25) is 0 Å². The number of ether oxygens (including phenoxy) is 1. The normalized spacial score (nSPS) is 10.9. The zero-order chi connectivity index (χ0) is 21.0. The second-order valence-electron chi connectivity index (χ2n) is 6.12. The van der Waals surface area contributed by atoms with Gasteiger partial charge in [0.15, 0.2) is 0 Å². The van der Waals surface area contributed by atoms with E-state index in [1.54, 1.807) is 24.3 Å². The van der Waals surface area contributed by atoms with Crippen LogP contribution in [0, 0.1) is 11.3 Å². The molecular formula is C21H15ClN2O4S. The van der Waals surface area contributed by atoms with E-state index in [2.05, 4.69) is 6.07 Å². The van der Waals surface area contributed by atoms with Gasteiger partial charge in [-0.2, -0.15) is 5.26 Å². The summed E-state index contributed by atoms with van der Waals surface area (Å²) in [6.45, 7) is -0.0328. The number of nitriles is 1. The molecule has 8 heteroatoms. The number of carbonyl (C=O) groups excluding carboxylic acids is 1. The van der Waals surface area contributed by atoms with Gasteiger partial charge < -0.3 is 4.74 Å². The predicted octanol–water partition coefficient (Wildman–Crippen LogP) is 3.88. The minimum Gasteiger partial charge on any atom is -0.457 e. The third-order valence-corrected chi connectivity index (χ3v) is 5.41. The van der Waals surface area contributed by atoms with Gasteiger partial charge in [0.1, 0.15) is 6.61 Å². The van der Waals surface area contributed by atoms with E-state index in [4.69, 9.17) is 21.5 Å². The summed E-state index contributed by atoms with van der Waals surface area (Å²) in [4.78, 5) is 12.1. The number of benzene rings is 3. The Morgan fingerprint density at radius 3 is 2.41 bits per heavy atom. The standard InChI is InChI=1S/C21H15ClN2O4S/c22-20-10-9-17(29(24,26)27)11-19(20)21(25)28-13-14-5-7-15(8-6-14)18-4-2-1-3-16(18)12-23/h1-11H,13H2,(H2,24,26,27). The Morgan fingerprint density at radius 1 is 1.07 bits per heavy atom. The van der Waals surface area contributed by atoms with Crippen LogP contribution in [0.3, 0.4) is 0 Å². The van der Waals surface area contributed by atoms with E-state index in [0.717, 1.165) is 22.8 Å². The lowest BCUT2D eigenvalue weighted by Gasteiger charge is -2.09. The van der Waals surface area contributed by atoms with E-state index in [1.807, 2.05) is 24.3 Å². The van der Waals surface area contributed by atoms with E-state index in [-0.39, 0.29) is 22.1 Å². The molecule has 0 radical (unpaired) electrons. The largest absolute Gasteiger partial charge is 0.457 e. The lowest BCUT2D eigenvalue weighted by atomic mass is 9.99. The van der Waals surface area contributed by atoms with Crippen LogP contribution in [-0.2, 0) is 21.4 Å². The summed E-state index contributed by atoms with van der Waals surface area (Å²) in [7, 11) is -3.97. The van der Waals surface area contributed by atoms with Gasteiger partial charge in [0.05, 0.1) is 27.1 Å². The monoisotopic (exact) mass is 426 g/mol. The van der Waals surface area contributed by atoms with Crippen LogP contribution in [0.25, 0.3) is 11.1 Å². The number of nitrogens with two attached hydrogens (primary N) is 1. The minimum absolute atomic E-state index is 0.0328. The predicted molar refractivity (Wildman–Crippen MR) is 109 cm³/mol. The number of rotatable bonds is 5. The molecule has 0 atom stereocenters. The van der Waals surface area contributed by atoms with E-state index >= 15 is 0 Å². The molecule has 0 amide bonds. The molecule has 6 nitrogen and oxygen atoms in total. The highest BCUT2D eigenvalue weighted by atomic mass is 35.5. The molecule has 3 aromatic carbocycles. The number of hydrogen-bond donors (Lipinski definition) is 1. The Morgan fingerprint density at radius 2 is 1.76 bits per heavy atom.